The number of amides is 1. The molecule has 0 saturated carbocycles. The van der Waals surface area contributed by atoms with Gasteiger partial charge in [0.2, 0.25) is 11.7 Å². The molecule has 2 aromatic rings. The van der Waals surface area contributed by atoms with Crippen molar-refractivity contribution in [3.8, 4) is 0 Å². The Bertz CT molecular complexity index is 1090. The molecule has 0 fully saturated rings. The van der Waals surface area contributed by atoms with Crippen LogP contribution in [0.1, 0.15) is 44.4 Å². The summed E-state index contributed by atoms with van der Waals surface area (Å²) in [5.74, 6) is -0.923. The van der Waals surface area contributed by atoms with Gasteiger partial charge in [0.05, 0.1) is 6.54 Å². The Labute approximate surface area is 195 Å². The van der Waals surface area contributed by atoms with Crippen molar-refractivity contribution in [2.24, 2.45) is 0 Å². The summed E-state index contributed by atoms with van der Waals surface area (Å²) in [6.07, 6.45) is -4.93. The Morgan fingerprint density at radius 1 is 1.12 bits per heavy atom. The molecule has 34 heavy (non-hydrogen) atoms. The summed E-state index contributed by atoms with van der Waals surface area (Å²) in [6, 6.07) is 0.523. The minimum Gasteiger partial charge on any atom is -0.333 e. The van der Waals surface area contributed by atoms with Gasteiger partial charge < -0.3 is 9.47 Å². The van der Waals surface area contributed by atoms with Gasteiger partial charge in [0.1, 0.15) is 5.82 Å². The fraction of sp³-hybridized carbons (Fsp3) is 0.524. The van der Waals surface area contributed by atoms with Crippen molar-refractivity contribution in [2.75, 3.05) is 6.54 Å². The molecule has 1 aliphatic heterocycles. The number of benzene rings is 1. The number of aromatic nitrogens is 3. The van der Waals surface area contributed by atoms with E-state index in [4.69, 9.17) is 0 Å². The molecule has 2 heterocycles. The van der Waals surface area contributed by atoms with Gasteiger partial charge in [-0.25, -0.2) is 13.2 Å². The lowest BCUT2D eigenvalue weighted by molar-refractivity contribution is -0.148. The lowest BCUT2D eigenvalue weighted by Gasteiger charge is -2.32. The van der Waals surface area contributed by atoms with E-state index >= 15 is 0 Å². The van der Waals surface area contributed by atoms with Crippen LogP contribution in [0.4, 0.5) is 26.3 Å². The SMILES string of the molecule is C=S(N[C@@H](CC(=O)N1CCn2c(nnc2C(F)(F)F)C1)Cc1cc(F)c(F)cc1F)C(C)(C)C. The molecule has 0 bridgehead atoms. The third-order valence-corrected chi connectivity index (χ3v) is 7.48. The van der Waals surface area contributed by atoms with Crippen LogP contribution in [0, 0.1) is 17.5 Å². The second kappa shape index (κ2) is 9.68. The maximum Gasteiger partial charge on any atom is 0.451 e. The van der Waals surface area contributed by atoms with Gasteiger partial charge in [-0.2, -0.15) is 13.2 Å². The summed E-state index contributed by atoms with van der Waals surface area (Å²) in [7, 11) is -0.684. The second-order valence-electron chi connectivity index (χ2n) is 8.99. The Morgan fingerprint density at radius 3 is 2.38 bits per heavy atom. The number of hydrogen-bond acceptors (Lipinski definition) is 4. The highest BCUT2D eigenvalue weighted by Gasteiger charge is 2.40. The Morgan fingerprint density at radius 2 is 1.76 bits per heavy atom. The highest BCUT2D eigenvalue weighted by molar-refractivity contribution is 8.13. The molecule has 0 radical (unpaired) electrons. The van der Waals surface area contributed by atoms with E-state index in [0.29, 0.717) is 6.07 Å². The van der Waals surface area contributed by atoms with E-state index in [1.807, 2.05) is 20.8 Å². The van der Waals surface area contributed by atoms with Crippen LogP contribution in [0.15, 0.2) is 12.1 Å². The molecule has 3 rings (SSSR count). The molecule has 2 atom stereocenters. The first-order valence-corrected chi connectivity index (χ1v) is 11.8. The molecule has 1 aliphatic rings. The Kier molecular flexibility index (Phi) is 7.46. The summed E-state index contributed by atoms with van der Waals surface area (Å²) in [5.41, 5.74) is -0.108. The van der Waals surface area contributed by atoms with E-state index in [1.165, 1.54) is 4.90 Å². The highest BCUT2D eigenvalue weighted by atomic mass is 32.2. The van der Waals surface area contributed by atoms with Gasteiger partial charge in [-0.3, -0.25) is 9.52 Å². The molecule has 1 aromatic carbocycles. The fourth-order valence-corrected chi connectivity index (χ4v) is 4.36. The van der Waals surface area contributed by atoms with Gasteiger partial charge in [-0.05, 0) is 18.1 Å². The largest absolute Gasteiger partial charge is 0.451 e. The van der Waals surface area contributed by atoms with Crippen molar-refractivity contribution in [1.82, 2.24) is 24.4 Å². The van der Waals surface area contributed by atoms with Crippen molar-refractivity contribution in [1.29, 1.82) is 0 Å². The van der Waals surface area contributed by atoms with Crippen LogP contribution in [-0.4, -0.2) is 48.8 Å². The minimum atomic E-state index is -4.65. The first-order valence-electron chi connectivity index (χ1n) is 10.4. The van der Waals surface area contributed by atoms with Crippen LogP contribution in [0.3, 0.4) is 0 Å². The maximum absolute atomic E-state index is 14.3. The summed E-state index contributed by atoms with van der Waals surface area (Å²) >= 11 is 0. The van der Waals surface area contributed by atoms with Gasteiger partial charge in [0.15, 0.2) is 17.5 Å². The molecule has 1 unspecified atom stereocenters. The lowest BCUT2D eigenvalue weighted by atomic mass is 10.0. The van der Waals surface area contributed by atoms with E-state index < -0.39 is 52.1 Å². The van der Waals surface area contributed by atoms with Crippen LogP contribution < -0.4 is 4.72 Å². The third kappa shape index (κ3) is 5.98. The van der Waals surface area contributed by atoms with Crippen LogP contribution >= 0.6 is 10.7 Å². The third-order valence-electron chi connectivity index (χ3n) is 5.38. The summed E-state index contributed by atoms with van der Waals surface area (Å²) in [6.45, 7) is 5.48. The van der Waals surface area contributed by atoms with Crippen LogP contribution in [-0.2, 0) is 30.5 Å². The van der Waals surface area contributed by atoms with E-state index in [-0.39, 0.29) is 48.6 Å². The predicted octanol–water partition coefficient (Wildman–Crippen LogP) is 4.06. The number of alkyl halides is 3. The van der Waals surface area contributed by atoms with E-state index in [2.05, 4.69) is 20.8 Å². The van der Waals surface area contributed by atoms with E-state index in [0.717, 1.165) is 10.6 Å². The smallest absolute Gasteiger partial charge is 0.333 e. The van der Waals surface area contributed by atoms with Gasteiger partial charge in [0.25, 0.3) is 0 Å². The molecular formula is C21H25F6N5OS. The molecule has 6 nitrogen and oxygen atoms in total. The van der Waals surface area contributed by atoms with E-state index in [1.54, 1.807) is 0 Å². The molecule has 0 aliphatic carbocycles. The number of halogens is 6. The molecule has 1 aromatic heterocycles. The van der Waals surface area contributed by atoms with Crippen LogP contribution in [0.25, 0.3) is 0 Å². The number of fused-ring (bicyclic) bond motifs is 1. The van der Waals surface area contributed by atoms with Crippen LogP contribution in [0.5, 0.6) is 0 Å². The molecule has 0 spiro atoms. The van der Waals surface area contributed by atoms with Gasteiger partial charge in [-0.1, -0.05) is 26.6 Å². The van der Waals surface area contributed by atoms with Gasteiger partial charge in [0, 0.05) is 36.4 Å². The molecule has 0 saturated heterocycles. The number of nitrogens with one attached hydrogen (secondary N) is 1. The van der Waals surface area contributed by atoms with Crippen molar-refractivity contribution in [3.05, 3.63) is 46.8 Å². The number of rotatable bonds is 6. The average Bonchev–Trinajstić information content (AvgIpc) is 3.14. The quantitative estimate of drug-likeness (QED) is 0.363. The topological polar surface area (TPSA) is 63.1 Å². The molecule has 1 N–H and O–H groups in total. The molecule has 13 heteroatoms. The monoisotopic (exact) mass is 509 g/mol. The number of nitrogens with zero attached hydrogens (tertiary/aromatic N) is 4. The maximum atomic E-state index is 14.3. The summed E-state index contributed by atoms with van der Waals surface area (Å²) in [5, 5.41) is 6.75. The lowest BCUT2D eigenvalue weighted by Crippen LogP contribution is -2.43. The molecular weight excluding hydrogens is 484 g/mol. The normalized spacial score (nSPS) is 16.3. The second-order valence-corrected chi connectivity index (χ2v) is 11.2. The van der Waals surface area contributed by atoms with Crippen molar-refractivity contribution in [2.45, 2.75) is 63.7 Å². The Balaban J connectivity index is 1.78. The number of hydrogen-bond donors (Lipinski definition) is 1. The molecule has 188 valence electrons. The Hall–Kier alpha value is -2.41. The first kappa shape index (κ1) is 26.2. The zero-order valence-corrected chi connectivity index (χ0v) is 19.7. The first-order chi connectivity index (χ1) is 15.7. The predicted molar refractivity (Wildman–Crippen MR) is 116 cm³/mol. The number of carbonyl (C=O) groups excluding carboxylic acids is 1. The van der Waals surface area contributed by atoms with Crippen molar-refractivity contribution >= 4 is 22.4 Å². The number of carbonyl (C=O) groups is 1. The van der Waals surface area contributed by atoms with Crippen LogP contribution in [0.2, 0.25) is 0 Å². The minimum absolute atomic E-state index is 0.00850. The fourth-order valence-electron chi connectivity index (χ4n) is 3.44. The van der Waals surface area contributed by atoms with Crippen molar-refractivity contribution in [3.63, 3.8) is 0 Å². The average molecular weight is 510 g/mol. The zero-order valence-electron chi connectivity index (χ0n) is 18.8. The summed E-state index contributed by atoms with van der Waals surface area (Å²) < 4.78 is 84.3. The molecule has 1 amide bonds. The highest BCUT2D eigenvalue weighted by Crippen LogP contribution is 2.30. The summed E-state index contributed by atoms with van der Waals surface area (Å²) in [4.78, 5) is 14.4. The standard InChI is InChI=1S/C21H25F6N5OS/c1-20(2,3)34(4)30-13(7-12-8-15(23)16(24)10-14(12)22)9-18(33)31-5-6-32-17(11-31)28-29-19(32)21(25,26)27/h8,10,13,30H,4-7,9,11H2,1-3H3/t13-,34?/m1/s1. The van der Waals surface area contributed by atoms with Gasteiger partial charge in [-0.15, -0.1) is 20.9 Å². The van der Waals surface area contributed by atoms with E-state index in [9.17, 15) is 31.1 Å². The van der Waals surface area contributed by atoms with Crippen molar-refractivity contribution < 1.29 is 31.1 Å². The van der Waals surface area contributed by atoms with Gasteiger partial charge >= 0.3 is 6.18 Å². The zero-order chi connectivity index (χ0) is 25.4.